The van der Waals surface area contributed by atoms with Crippen LogP contribution in [-0.2, 0) is 11.3 Å². The Hall–Kier alpha value is -3.62. The number of halogens is 2. The van der Waals surface area contributed by atoms with E-state index in [0.717, 1.165) is 17.1 Å². The molecular formula is C23H20F2N4O3. The van der Waals surface area contributed by atoms with Crippen molar-refractivity contribution in [1.82, 2.24) is 19.6 Å². The molecule has 1 aliphatic heterocycles. The highest BCUT2D eigenvalue weighted by molar-refractivity contribution is 5.81. The normalized spacial score (nSPS) is 15.0. The molecule has 1 fully saturated rings. The molecule has 0 aliphatic carbocycles. The fourth-order valence-electron chi connectivity index (χ4n) is 4.35. The first kappa shape index (κ1) is 20.3. The van der Waals surface area contributed by atoms with Crippen molar-refractivity contribution in [3.8, 4) is 0 Å². The molecule has 1 saturated heterocycles. The van der Waals surface area contributed by atoms with Crippen LogP contribution in [0.2, 0.25) is 0 Å². The number of likely N-dealkylation sites (tertiary alicyclic amines) is 1. The van der Waals surface area contributed by atoms with Crippen molar-refractivity contribution in [2.45, 2.75) is 32.2 Å². The topological polar surface area (TPSA) is 81.2 Å². The fourth-order valence-corrected chi connectivity index (χ4v) is 4.35. The van der Waals surface area contributed by atoms with Gasteiger partial charge in [-0.25, -0.2) is 13.8 Å². The molecule has 0 radical (unpaired) electrons. The molecule has 0 saturated carbocycles. The van der Waals surface area contributed by atoms with E-state index >= 15 is 0 Å². The molecular weight excluding hydrogens is 418 g/mol. The number of aromatic nitrogens is 3. The Bertz CT molecular complexity index is 1400. The molecule has 2 aromatic carbocycles. The number of nitrogens with zero attached hydrogens (tertiary/aromatic N) is 4. The Morgan fingerprint density at radius 1 is 1.09 bits per heavy atom. The van der Waals surface area contributed by atoms with Crippen LogP contribution in [0.1, 0.15) is 30.3 Å². The molecule has 0 N–H and O–H groups in total. The van der Waals surface area contributed by atoms with Gasteiger partial charge in [-0.1, -0.05) is 5.16 Å². The Labute approximate surface area is 181 Å². The van der Waals surface area contributed by atoms with Gasteiger partial charge in [0.2, 0.25) is 5.91 Å². The average molecular weight is 438 g/mol. The van der Waals surface area contributed by atoms with E-state index < -0.39 is 11.4 Å². The summed E-state index contributed by atoms with van der Waals surface area (Å²) in [4.78, 5) is 31.8. The maximum atomic E-state index is 13.6. The minimum atomic E-state index is -0.525. The summed E-state index contributed by atoms with van der Waals surface area (Å²) in [6.07, 6.45) is 1.36. The SMILES string of the molecule is Cc1nc2ccc(F)cc2c(=O)n1CC(=O)N1CCC(c2noc3cc(F)ccc23)CC1. The Balaban J connectivity index is 1.31. The van der Waals surface area contributed by atoms with Gasteiger partial charge >= 0.3 is 0 Å². The maximum Gasteiger partial charge on any atom is 0.261 e. The van der Waals surface area contributed by atoms with Crippen LogP contribution in [0.3, 0.4) is 0 Å². The van der Waals surface area contributed by atoms with Gasteiger partial charge in [-0.3, -0.25) is 14.2 Å². The van der Waals surface area contributed by atoms with Gasteiger partial charge in [0.1, 0.15) is 24.0 Å². The maximum absolute atomic E-state index is 13.6. The van der Waals surface area contributed by atoms with Crippen LogP contribution in [0.5, 0.6) is 0 Å². The second kappa shape index (κ2) is 7.81. The molecule has 5 rings (SSSR count). The van der Waals surface area contributed by atoms with Crippen molar-refractivity contribution >= 4 is 27.8 Å². The molecule has 1 amide bonds. The summed E-state index contributed by atoms with van der Waals surface area (Å²) >= 11 is 0. The number of carbonyl (C=O) groups excluding carboxylic acids is 1. The third kappa shape index (κ3) is 3.53. The van der Waals surface area contributed by atoms with Gasteiger partial charge in [-0.05, 0) is 50.1 Å². The monoisotopic (exact) mass is 438 g/mol. The average Bonchev–Trinajstić information content (AvgIpc) is 3.20. The first-order valence-electron chi connectivity index (χ1n) is 10.4. The molecule has 3 heterocycles. The number of amides is 1. The van der Waals surface area contributed by atoms with Gasteiger partial charge in [0.25, 0.3) is 5.56 Å². The van der Waals surface area contributed by atoms with E-state index in [2.05, 4.69) is 10.1 Å². The van der Waals surface area contributed by atoms with E-state index in [1.807, 2.05) is 0 Å². The van der Waals surface area contributed by atoms with Gasteiger partial charge in [0.15, 0.2) is 5.58 Å². The number of carbonyl (C=O) groups is 1. The van der Waals surface area contributed by atoms with Crippen LogP contribution in [0.4, 0.5) is 8.78 Å². The second-order valence-corrected chi connectivity index (χ2v) is 8.08. The zero-order valence-corrected chi connectivity index (χ0v) is 17.3. The molecule has 4 aromatic rings. The van der Waals surface area contributed by atoms with Crippen molar-refractivity contribution in [3.63, 3.8) is 0 Å². The molecule has 0 atom stereocenters. The summed E-state index contributed by atoms with van der Waals surface area (Å²) in [5.41, 5.74) is 1.16. The van der Waals surface area contributed by atoms with Gasteiger partial charge in [-0.15, -0.1) is 0 Å². The lowest BCUT2D eigenvalue weighted by Crippen LogP contribution is -2.41. The summed E-state index contributed by atoms with van der Waals surface area (Å²) in [6.45, 7) is 2.51. The number of hydrogen-bond acceptors (Lipinski definition) is 5. The Morgan fingerprint density at radius 3 is 2.59 bits per heavy atom. The zero-order valence-electron chi connectivity index (χ0n) is 17.3. The molecule has 2 aromatic heterocycles. The van der Waals surface area contributed by atoms with Crippen LogP contribution in [0.25, 0.3) is 21.9 Å². The van der Waals surface area contributed by atoms with Crippen LogP contribution >= 0.6 is 0 Å². The molecule has 0 bridgehead atoms. The van der Waals surface area contributed by atoms with Gasteiger partial charge < -0.3 is 9.42 Å². The van der Waals surface area contributed by atoms with E-state index in [9.17, 15) is 18.4 Å². The fraction of sp³-hybridized carbons (Fsp3) is 0.304. The summed E-state index contributed by atoms with van der Waals surface area (Å²) in [6, 6.07) is 8.21. The first-order valence-corrected chi connectivity index (χ1v) is 10.4. The molecule has 32 heavy (non-hydrogen) atoms. The second-order valence-electron chi connectivity index (χ2n) is 8.08. The van der Waals surface area contributed by atoms with Gasteiger partial charge in [0.05, 0.1) is 16.6 Å². The lowest BCUT2D eigenvalue weighted by atomic mass is 9.91. The standard InChI is InChI=1S/C23H20F2N4O3/c1-13-26-19-5-3-15(24)10-18(19)23(31)29(13)12-21(30)28-8-6-14(7-9-28)22-17-4-2-16(25)11-20(17)32-27-22/h2-5,10-11,14H,6-9,12H2,1H3. The molecule has 164 valence electrons. The van der Waals surface area contributed by atoms with Crippen LogP contribution < -0.4 is 5.56 Å². The molecule has 0 spiro atoms. The van der Waals surface area contributed by atoms with E-state index in [1.54, 1.807) is 17.9 Å². The molecule has 7 nitrogen and oxygen atoms in total. The van der Waals surface area contributed by atoms with Crippen molar-refractivity contribution in [2.24, 2.45) is 0 Å². The molecule has 9 heteroatoms. The van der Waals surface area contributed by atoms with Gasteiger partial charge in [-0.2, -0.15) is 0 Å². The lowest BCUT2D eigenvalue weighted by molar-refractivity contribution is -0.133. The smallest absolute Gasteiger partial charge is 0.261 e. The van der Waals surface area contributed by atoms with Crippen LogP contribution in [0.15, 0.2) is 45.7 Å². The summed E-state index contributed by atoms with van der Waals surface area (Å²) in [5.74, 6) is -0.599. The summed E-state index contributed by atoms with van der Waals surface area (Å²) in [5, 5.41) is 5.06. The minimum Gasteiger partial charge on any atom is -0.356 e. The zero-order chi connectivity index (χ0) is 22.4. The first-order chi connectivity index (χ1) is 15.4. The number of aryl methyl sites for hydroxylation is 1. The third-order valence-corrected chi connectivity index (χ3v) is 6.10. The van der Waals surface area contributed by atoms with E-state index in [-0.39, 0.29) is 29.6 Å². The quantitative estimate of drug-likeness (QED) is 0.489. The highest BCUT2D eigenvalue weighted by Gasteiger charge is 2.28. The summed E-state index contributed by atoms with van der Waals surface area (Å²) in [7, 11) is 0. The number of rotatable bonds is 3. The summed E-state index contributed by atoms with van der Waals surface area (Å²) < 4.78 is 33.5. The number of hydrogen-bond donors (Lipinski definition) is 0. The lowest BCUT2D eigenvalue weighted by Gasteiger charge is -2.31. The van der Waals surface area contributed by atoms with Crippen molar-refractivity contribution < 1.29 is 18.1 Å². The highest BCUT2D eigenvalue weighted by Crippen LogP contribution is 2.32. The van der Waals surface area contributed by atoms with Gasteiger partial charge in [0, 0.05) is 30.5 Å². The van der Waals surface area contributed by atoms with E-state index in [0.29, 0.717) is 42.9 Å². The molecule has 0 unspecified atom stereocenters. The minimum absolute atomic E-state index is 0.0977. The predicted molar refractivity (Wildman–Crippen MR) is 113 cm³/mol. The number of piperidine rings is 1. The van der Waals surface area contributed by atoms with Crippen molar-refractivity contribution in [2.75, 3.05) is 13.1 Å². The van der Waals surface area contributed by atoms with Crippen LogP contribution in [-0.4, -0.2) is 38.6 Å². The van der Waals surface area contributed by atoms with E-state index in [1.165, 1.54) is 28.8 Å². The number of fused-ring (bicyclic) bond motifs is 2. The highest BCUT2D eigenvalue weighted by atomic mass is 19.1. The predicted octanol–water partition coefficient (Wildman–Crippen LogP) is 3.53. The third-order valence-electron chi connectivity index (χ3n) is 6.10. The van der Waals surface area contributed by atoms with Crippen molar-refractivity contribution in [1.29, 1.82) is 0 Å². The number of benzene rings is 2. The van der Waals surface area contributed by atoms with E-state index in [4.69, 9.17) is 4.52 Å². The Kier molecular flexibility index (Phi) is 4.96. The van der Waals surface area contributed by atoms with Crippen molar-refractivity contribution in [3.05, 3.63) is 69.9 Å². The largest absolute Gasteiger partial charge is 0.356 e. The van der Waals surface area contributed by atoms with Crippen LogP contribution in [0, 0.1) is 18.6 Å². The Morgan fingerprint density at radius 2 is 1.81 bits per heavy atom. The molecule has 1 aliphatic rings.